The van der Waals surface area contributed by atoms with E-state index in [4.69, 9.17) is 13.6 Å². The van der Waals surface area contributed by atoms with E-state index in [1.807, 2.05) is 0 Å². The molecule has 0 fully saturated rings. The molecule has 0 radical (unpaired) electrons. The van der Waals surface area contributed by atoms with E-state index in [0.29, 0.717) is 16.9 Å². The van der Waals surface area contributed by atoms with Gasteiger partial charge in [-0.05, 0) is 31.5 Å². The Kier molecular flexibility index (Phi) is 3.47. The number of furan rings is 1. The third-order valence-corrected chi connectivity index (χ3v) is 4.52. The zero-order valence-corrected chi connectivity index (χ0v) is 14.0. The van der Waals surface area contributed by atoms with Gasteiger partial charge < -0.3 is 18.7 Å². The Balaban J connectivity index is 2.22. The van der Waals surface area contributed by atoms with Crippen LogP contribution in [0.5, 0.6) is 11.5 Å². The fraction of sp³-hybridized carbons (Fsp3) is 0.211. The molecule has 7 heteroatoms. The van der Waals surface area contributed by atoms with Gasteiger partial charge in [-0.25, -0.2) is 4.79 Å². The van der Waals surface area contributed by atoms with Gasteiger partial charge in [-0.2, -0.15) is 0 Å². The lowest BCUT2D eigenvalue weighted by Crippen LogP contribution is -2.23. The van der Waals surface area contributed by atoms with E-state index in [1.54, 1.807) is 19.1 Å². The number of fused-ring (bicyclic) bond motifs is 3. The molecule has 3 heterocycles. The second-order valence-corrected chi connectivity index (χ2v) is 6.22. The van der Waals surface area contributed by atoms with Gasteiger partial charge in [-0.3, -0.25) is 9.59 Å². The minimum Gasteiger partial charge on any atom is -0.506 e. The van der Waals surface area contributed by atoms with Gasteiger partial charge in [0.2, 0.25) is 0 Å². The molecule has 0 amide bonds. The van der Waals surface area contributed by atoms with Gasteiger partial charge in [0.05, 0.1) is 29.6 Å². The van der Waals surface area contributed by atoms with Crippen LogP contribution in [0.15, 0.2) is 38.1 Å². The molecule has 1 aromatic carbocycles. The molecule has 132 valence electrons. The van der Waals surface area contributed by atoms with Crippen LogP contribution in [0.25, 0.3) is 11.0 Å². The zero-order valence-electron chi connectivity index (χ0n) is 14.0. The highest BCUT2D eigenvalue weighted by molar-refractivity contribution is 6.08. The molecule has 2 aromatic heterocycles. The third-order valence-electron chi connectivity index (χ3n) is 4.52. The van der Waals surface area contributed by atoms with Crippen LogP contribution >= 0.6 is 0 Å². The number of benzene rings is 1. The van der Waals surface area contributed by atoms with Crippen LogP contribution in [0.3, 0.4) is 0 Å². The molecule has 1 aliphatic rings. The smallest absolute Gasteiger partial charge is 0.336 e. The van der Waals surface area contributed by atoms with E-state index in [0.717, 1.165) is 0 Å². The van der Waals surface area contributed by atoms with Crippen molar-refractivity contribution in [1.82, 2.24) is 0 Å². The SMILES string of the molecule is CC(=O)c1c2c(c3oc(=O)cc(C)c3c1O)[C@H](c1ccco1)CC(=O)O2. The molecule has 1 N–H and O–H groups in total. The molecule has 4 rings (SSSR count). The predicted molar refractivity (Wildman–Crippen MR) is 89.7 cm³/mol. The monoisotopic (exact) mass is 354 g/mol. The van der Waals surface area contributed by atoms with Crippen LogP contribution in [0.1, 0.15) is 46.5 Å². The normalized spacial score (nSPS) is 16.4. The van der Waals surface area contributed by atoms with Crippen molar-refractivity contribution in [3.8, 4) is 11.5 Å². The first-order chi connectivity index (χ1) is 12.4. The van der Waals surface area contributed by atoms with Crippen LogP contribution in [0.2, 0.25) is 0 Å². The summed E-state index contributed by atoms with van der Waals surface area (Å²) in [5, 5.41) is 10.9. The highest BCUT2D eigenvalue weighted by atomic mass is 16.5. The summed E-state index contributed by atoms with van der Waals surface area (Å²) in [6.45, 7) is 2.89. The number of ether oxygens (including phenoxy) is 1. The Morgan fingerprint density at radius 1 is 1.31 bits per heavy atom. The van der Waals surface area contributed by atoms with Crippen molar-refractivity contribution in [3.05, 3.63) is 57.3 Å². The second-order valence-electron chi connectivity index (χ2n) is 6.22. The van der Waals surface area contributed by atoms with Gasteiger partial charge in [0.1, 0.15) is 22.7 Å². The number of carbonyl (C=O) groups is 2. The molecule has 0 aliphatic carbocycles. The summed E-state index contributed by atoms with van der Waals surface area (Å²) in [7, 11) is 0. The average molecular weight is 354 g/mol. The Morgan fingerprint density at radius 3 is 2.73 bits per heavy atom. The summed E-state index contributed by atoms with van der Waals surface area (Å²) in [5.74, 6) is -1.65. The van der Waals surface area contributed by atoms with Crippen molar-refractivity contribution in [2.45, 2.75) is 26.2 Å². The van der Waals surface area contributed by atoms with Crippen molar-refractivity contribution in [3.63, 3.8) is 0 Å². The maximum absolute atomic E-state index is 12.2. The minimum absolute atomic E-state index is 0.0462. The molecule has 0 spiro atoms. The molecule has 0 saturated heterocycles. The van der Waals surface area contributed by atoms with E-state index < -0.39 is 23.3 Å². The highest BCUT2D eigenvalue weighted by Gasteiger charge is 2.38. The van der Waals surface area contributed by atoms with Gasteiger partial charge in [-0.1, -0.05) is 0 Å². The summed E-state index contributed by atoms with van der Waals surface area (Å²) in [4.78, 5) is 36.3. The molecule has 0 saturated carbocycles. The predicted octanol–water partition coefficient (Wildman–Crippen LogP) is 3.04. The van der Waals surface area contributed by atoms with Gasteiger partial charge in [-0.15, -0.1) is 0 Å². The maximum Gasteiger partial charge on any atom is 0.336 e. The van der Waals surface area contributed by atoms with Crippen LogP contribution in [0, 0.1) is 6.92 Å². The quantitative estimate of drug-likeness (QED) is 0.326. The minimum atomic E-state index is -0.609. The Labute approximate surface area is 146 Å². The first-order valence-corrected chi connectivity index (χ1v) is 7.96. The Bertz CT molecular complexity index is 1120. The largest absolute Gasteiger partial charge is 0.506 e. The van der Waals surface area contributed by atoms with E-state index in [2.05, 4.69) is 0 Å². The number of carbonyl (C=O) groups excluding carboxylic acids is 2. The van der Waals surface area contributed by atoms with Crippen molar-refractivity contribution in [2.24, 2.45) is 0 Å². The topological polar surface area (TPSA) is 107 Å². The van der Waals surface area contributed by atoms with Crippen LogP contribution < -0.4 is 10.4 Å². The number of rotatable bonds is 2. The van der Waals surface area contributed by atoms with Gasteiger partial charge in [0, 0.05) is 6.07 Å². The van der Waals surface area contributed by atoms with Crippen LogP contribution in [0.4, 0.5) is 0 Å². The average Bonchev–Trinajstić information content (AvgIpc) is 3.07. The molecule has 7 nitrogen and oxygen atoms in total. The lowest BCUT2D eigenvalue weighted by atomic mass is 9.85. The molecule has 0 bridgehead atoms. The molecule has 1 aliphatic heterocycles. The maximum atomic E-state index is 12.2. The van der Waals surface area contributed by atoms with E-state index in [9.17, 15) is 19.5 Å². The van der Waals surface area contributed by atoms with Crippen LogP contribution in [-0.4, -0.2) is 16.9 Å². The lowest BCUT2D eigenvalue weighted by Gasteiger charge is -2.26. The summed E-state index contributed by atoms with van der Waals surface area (Å²) in [5.41, 5.74) is 0.158. The molecule has 1 atom stereocenters. The Hall–Kier alpha value is -3.35. The first-order valence-electron chi connectivity index (χ1n) is 7.96. The van der Waals surface area contributed by atoms with Crippen molar-refractivity contribution in [1.29, 1.82) is 0 Å². The molecular weight excluding hydrogens is 340 g/mol. The van der Waals surface area contributed by atoms with Crippen molar-refractivity contribution >= 4 is 22.7 Å². The number of phenols is 1. The number of aromatic hydroxyl groups is 1. The number of ketones is 1. The summed E-state index contributed by atoms with van der Waals surface area (Å²) in [6, 6.07) is 4.59. The second kappa shape index (κ2) is 5.59. The molecule has 0 unspecified atom stereocenters. The molecule has 3 aromatic rings. The summed E-state index contributed by atoms with van der Waals surface area (Å²) >= 11 is 0. The number of phenolic OH excluding ortho intramolecular Hbond substituents is 1. The number of Topliss-reactive ketones (excluding diaryl/α,β-unsaturated/α-hetero) is 1. The number of esters is 1. The Morgan fingerprint density at radius 2 is 2.08 bits per heavy atom. The summed E-state index contributed by atoms with van der Waals surface area (Å²) in [6.07, 6.45) is 1.42. The summed E-state index contributed by atoms with van der Waals surface area (Å²) < 4.78 is 16.1. The van der Waals surface area contributed by atoms with Gasteiger partial charge in [0.25, 0.3) is 0 Å². The fourth-order valence-corrected chi connectivity index (χ4v) is 3.47. The number of aryl methyl sites for hydroxylation is 1. The van der Waals surface area contributed by atoms with E-state index in [1.165, 1.54) is 19.3 Å². The highest BCUT2D eigenvalue weighted by Crippen LogP contribution is 2.49. The zero-order chi connectivity index (χ0) is 18.6. The fourth-order valence-electron chi connectivity index (χ4n) is 3.47. The number of hydrogen-bond donors (Lipinski definition) is 1. The molecular formula is C19H14O7. The van der Waals surface area contributed by atoms with Crippen molar-refractivity contribution < 1.29 is 28.3 Å². The van der Waals surface area contributed by atoms with Gasteiger partial charge >= 0.3 is 11.6 Å². The van der Waals surface area contributed by atoms with E-state index >= 15 is 0 Å². The van der Waals surface area contributed by atoms with Gasteiger partial charge in [0.15, 0.2) is 11.5 Å². The third kappa shape index (κ3) is 2.24. The van der Waals surface area contributed by atoms with E-state index in [-0.39, 0.29) is 34.5 Å². The molecule has 26 heavy (non-hydrogen) atoms. The van der Waals surface area contributed by atoms with Crippen LogP contribution in [-0.2, 0) is 4.79 Å². The lowest BCUT2D eigenvalue weighted by molar-refractivity contribution is -0.135. The van der Waals surface area contributed by atoms with Crippen molar-refractivity contribution in [2.75, 3.05) is 0 Å². The first kappa shape index (κ1) is 16.1. The standard InChI is InChI=1S/C19H14O7/c1-8-6-12(21)25-18-14(8)17(23)15(9(2)20)19-16(18)10(7-13(22)26-19)11-4-3-5-24-11/h3-6,10,23H,7H2,1-2H3/t10-/m0/s1. The number of hydrogen-bond acceptors (Lipinski definition) is 7.